The van der Waals surface area contributed by atoms with Gasteiger partial charge in [0.2, 0.25) is 0 Å². The number of aryl methyl sites for hydroxylation is 1. The number of aliphatic carboxylic acids is 2. The first kappa shape index (κ1) is 14.5. The normalized spacial score (nSPS) is 9.95. The molecule has 7 heteroatoms. The summed E-state index contributed by atoms with van der Waals surface area (Å²) in [6.45, 7) is 0.205. The summed E-state index contributed by atoms with van der Waals surface area (Å²) in [5.74, 6) is -3.82. The zero-order valence-electron chi connectivity index (χ0n) is 10.2. The molecule has 7 nitrogen and oxygen atoms in total. The Morgan fingerprint density at radius 1 is 1.11 bits per heavy atom. The maximum absolute atomic E-state index is 12.0. The predicted molar refractivity (Wildman–Crippen MR) is 64.0 cm³/mol. The number of aromatic hydroxyl groups is 1. The van der Waals surface area contributed by atoms with E-state index in [-0.39, 0.29) is 11.3 Å². The molecule has 102 valence electrons. The summed E-state index contributed by atoms with van der Waals surface area (Å²) in [5.41, 5.74) is 0.588. The fourth-order valence-corrected chi connectivity index (χ4v) is 1.52. The van der Waals surface area contributed by atoms with Crippen molar-refractivity contribution >= 4 is 17.8 Å². The Balaban J connectivity index is 3.04. The minimum absolute atomic E-state index is 0.131. The van der Waals surface area contributed by atoms with Crippen molar-refractivity contribution in [2.75, 3.05) is 13.1 Å². The summed E-state index contributed by atoms with van der Waals surface area (Å²) in [5, 5.41) is 26.9. The van der Waals surface area contributed by atoms with Crippen molar-refractivity contribution in [1.82, 2.24) is 4.90 Å². The van der Waals surface area contributed by atoms with Crippen LogP contribution in [0.2, 0.25) is 0 Å². The molecule has 0 saturated heterocycles. The van der Waals surface area contributed by atoms with Gasteiger partial charge in [-0.05, 0) is 24.6 Å². The van der Waals surface area contributed by atoms with Gasteiger partial charge >= 0.3 is 11.9 Å². The van der Waals surface area contributed by atoms with E-state index in [1.54, 1.807) is 13.0 Å². The molecule has 0 aliphatic carbocycles. The molecule has 0 heterocycles. The molecule has 1 amide bonds. The first-order valence-corrected chi connectivity index (χ1v) is 5.33. The van der Waals surface area contributed by atoms with Crippen LogP contribution in [0, 0.1) is 6.92 Å². The molecule has 1 aromatic rings. The third-order valence-corrected chi connectivity index (χ3v) is 2.32. The second-order valence-corrected chi connectivity index (χ2v) is 3.97. The van der Waals surface area contributed by atoms with Crippen LogP contribution in [0.25, 0.3) is 0 Å². The highest BCUT2D eigenvalue weighted by Crippen LogP contribution is 2.20. The Morgan fingerprint density at radius 3 is 2.05 bits per heavy atom. The molecule has 0 aliphatic rings. The first-order chi connectivity index (χ1) is 8.81. The van der Waals surface area contributed by atoms with Crippen molar-refractivity contribution in [1.29, 1.82) is 0 Å². The van der Waals surface area contributed by atoms with Crippen LogP contribution >= 0.6 is 0 Å². The van der Waals surface area contributed by atoms with Crippen LogP contribution in [-0.2, 0) is 9.59 Å². The average Bonchev–Trinajstić information content (AvgIpc) is 2.26. The molecule has 0 spiro atoms. The number of hydrogen-bond acceptors (Lipinski definition) is 4. The number of rotatable bonds is 5. The molecule has 0 aliphatic heterocycles. The molecule has 0 bridgehead atoms. The smallest absolute Gasteiger partial charge is 0.323 e. The quantitative estimate of drug-likeness (QED) is 0.707. The summed E-state index contributed by atoms with van der Waals surface area (Å²) < 4.78 is 0. The number of benzene rings is 1. The minimum atomic E-state index is -1.33. The van der Waals surface area contributed by atoms with E-state index in [2.05, 4.69) is 0 Å². The van der Waals surface area contributed by atoms with E-state index in [4.69, 9.17) is 10.2 Å². The molecule has 1 rings (SSSR count). The maximum atomic E-state index is 12.0. The number of carboxylic acid groups (broad SMARTS) is 2. The molecule has 0 radical (unpaired) electrons. The standard InChI is InChI=1S/C12H13NO6/c1-7-2-3-8(9(14)4-7)12(19)13(5-10(15)16)6-11(17)18/h2-4,14H,5-6H2,1H3,(H,15,16)(H,17,18). The van der Waals surface area contributed by atoms with Gasteiger partial charge in [-0.15, -0.1) is 0 Å². The van der Waals surface area contributed by atoms with E-state index >= 15 is 0 Å². The zero-order chi connectivity index (χ0) is 14.6. The van der Waals surface area contributed by atoms with E-state index in [0.29, 0.717) is 4.90 Å². The number of carboxylic acids is 2. The lowest BCUT2D eigenvalue weighted by Crippen LogP contribution is -2.39. The number of carbonyl (C=O) groups is 3. The topological polar surface area (TPSA) is 115 Å². The van der Waals surface area contributed by atoms with E-state index in [0.717, 1.165) is 5.56 Å². The third-order valence-electron chi connectivity index (χ3n) is 2.32. The van der Waals surface area contributed by atoms with E-state index in [1.165, 1.54) is 12.1 Å². The number of phenols is 1. The highest BCUT2D eigenvalue weighted by Gasteiger charge is 2.23. The van der Waals surface area contributed by atoms with Crippen LogP contribution < -0.4 is 0 Å². The van der Waals surface area contributed by atoms with Gasteiger partial charge in [0.15, 0.2) is 0 Å². The fourth-order valence-electron chi connectivity index (χ4n) is 1.52. The van der Waals surface area contributed by atoms with Gasteiger partial charge in [0.25, 0.3) is 5.91 Å². The Morgan fingerprint density at radius 2 is 1.63 bits per heavy atom. The molecular formula is C12H13NO6. The van der Waals surface area contributed by atoms with Crippen LogP contribution in [0.15, 0.2) is 18.2 Å². The number of phenolic OH excluding ortho intramolecular Hbond substituents is 1. The van der Waals surface area contributed by atoms with Crippen LogP contribution in [0.5, 0.6) is 5.75 Å². The predicted octanol–water partition coefficient (Wildman–Crippen LogP) is 0.312. The molecule has 0 unspecified atom stereocenters. The summed E-state index contributed by atoms with van der Waals surface area (Å²) in [6.07, 6.45) is 0. The van der Waals surface area contributed by atoms with Crippen LogP contribution in [0.4, 0.5) is 0 Å². The van der Waals surface area contributed by atoms with Gasteiger partial charge in [0.1, 0.15) is 18.8 Å². The number of carbonyl (C=O) groups excluding carboxylic acids is 1. The van der Waals surface area contributed by atoms with E-state index in [1.807, 2.05) is 0 Å². The maximum Gasteiger partial charge on any atom is 0.323 e. The summed E-state index contributed by atoms with van der Waals surface area (Å²) in [6, 6.07) is 4.23. The van der Waals surface area contributed by atoms with Crippen molar-refractivity contribution in [2.45, 2.75) is 6.92 Å². The van der Waals surface area contributed by atoms with Crippen molar-refractivity contribution in [3.05, 3.63) is 29.3 Å². The van der Waals surface area contributed by atoms with Gasteiger partial charge < -0.3 is 20.2 Å². The lowest BCUT2D eigenvalue weighted by atomic mass is 10.1. The second-order valence-electron chi connectivity index (χ2n) is 3.97. The first-order valence-electron chi connectivity index (χ1n) is 5.33. The summed E-state index contributed by atoms with van der Waals surface area (Å²) in [4.78, 5) is 33.9. The second kappa shape index (κ2) is 5.85. The lowest BCUT2D eigenvalue weighted by molar-refractivity contribution is -0.140. The van der Waals surface area contributed by atoms with E-state index < -0.39 is 30.9 Å². The van der Waals surface area contributed by atoms with Crippen molar-refractivity contribution < 1.29 is 29.7 Å². The SMILES string of the molecule is Cc1ccc(C(=O)N(CC(=O)O)CC(=O)O)c(O)c1. The number of hydrogen-bond donors (Lipinski definition) is 3. The van der Waals surface area contributed by atoms with Crippen LogP contribution in [0.3, 0.4) is 0 Å². The van der Waals surface area contributed by atoms with Crippen molar-refractivity contribution in [2.24, 2.45) is 0 Å². The summed E-state index contributed by atoms with van der Waals surface area (Å²) in [7, 11) is 0. The number of amides is 1. The van der Waals surface area contributed by atoms with Crippen LogP contribution in [-0.4, -0.2) is 51.2 Å². The van der Waals surface area contributed by atoms with Gasteiger partial charge in [-0.1, -0.05) is 6.07 Å². The molecule has 0 aromatic heterocycles. The third kappa shape index (κ3) is 3.98. The van der Waals surface area contributed by atoms with Gasteiger partial charge in [0.05, 0.1) is 5.56 Å². The lowest BCUT2D eigenvalue weighted by Gasteiger charge is -2.19. The molecule has 3 N–H and O–H groups in total. The van der Waals surface area contributed by atoms with Gasteiger partial charge in [0, 0.05) is 0 Å². The molecule has 0 saturated carbocycles. The van der Waals surface area contributed by atoms with Gasteiger partial charge in [-0.2, -0.15) is 0 Å². The van der Waals surface area contributed by atoms with Crippen molar-refractivity contribution in [3.8, 4) is 5.75 Å². The summed E-state index contributed by atoms with van der Waals surface area (Å²) >= 11 is 0. The Kier molecular flexibility index (Phi) is 4.46. The van der Waals surface area contributed by atoms with E-state index in [9.17, 15) is 19.5 Å². The fraction of sp³-hybridized carbons (Fsp3) is 0.250. The largest absolute Gasteiger partial charge is 0.507 e. The van der Waals surface area contributed by atoms with Gasteiger partial charge in [-0.25, -0.2) is 0 Å². The monoisotopic (exact) mass is 267 g/mol. The molecule has 0 atom stereocenters. The number of nitrogens with zero attached hydrogens (tertiary/aromatic N) is 1. The Labute approximate surface area is 108 Å². The molecular weight excluding hydrogens is 254 g/mol. The highest BCUT2D eigenvalue weighted by atomic mass is 16.4. The average molecular weight is 267 g/mol. The highest BCUT2D eigenvalue weighted by molar-refractivity contribution is 5.99. The Bertz CT molecular complexity index is 509. The zero-order valence-corrected chi connectivity index (χ0v) is 10.2. The van der Waals surface area contributed by atoms with Crippen molar-refractivity contribution in [3.63, 3.8) is 0 Å². The minimum Gasteiger partial charge on any atom is -0.507 e. The molecule has 19 heavy (non-hydrogen) atoms. The molecule has 1 aromatic carbocycles. The van der Waals surface area contributed by atoms with Gasteiger partial charge in [-0.3, -0.25) is 14.4 Å². The van der Waals surface area contributed by atoms with Crippen LogP contribution in [0.1, 0.15) is 15.9 Å². The Hall–Kier alpha value is -2.57. The molecule has 0 fully saturated rings.